The van der Waals surface area contributed by atoms with Crippen LogP contribution in [0, 0.1) is 11.8 Å². The van der Waals surface area contributed by atoms with Gasteiger partial charge in [0.25, 0.3) is 11.5 Å². The fourth-order valence-corrected chi connectivity index (χ4v) is 5.98. The lowest BCUT2D eigenvalue weighted by atomic mass is 9.83. The van der Waals surface area contributed by atoms with E-state index in [2.05, 4.69) is 33.0 Å². The number of amides is 1. The molecule has 37 heavy (non-hydrogen) atoms. The van der Waals surface area contributed by atoms with Gasteiger partial charge in [-0.1, -0.05) is 0 Å². The van der Waals surface area contributed by atoms with Crippen LogP contribution in [-0.4, -0.2) is 64.1 Å². The molecule has 196 valence electrons. The van der Waals surface area contributed by atoms with Crippen LogP contribution in [0.5, 0.6) is 0 Å². The van der Waals surface area contributed by atoms with Gasteiger partial charge in [-0.05, 0) is 44.7 Å². The molecule has 1 saturated heterocycles. The minimum Gasteiger partial charge on any atom is -0.381 e. The molecule has 5 atom stereocenters. The van der Waals surface area contributed by atoms with Crippen molar-refractivity contribution in [3.8, 4) is 0 Å². The van der Waals surface area contributed by atoms with E-state index >= 15 is 0 Å². The van der Waals surface area contributed by atoms with E-state index in [0.29, 0.717) is 53.6 Å². The van der Waals surface area contributed by atoms with E-state index in [1.165, 1.54) is 6.20 Å². The van der Waals surface area contributed by atoms with Crippen LogP contribution < -0.4 is 21.5 Å². The lowest BCUT2D eigenvalue weighted by molar-refractivity contribution is -0.0314. The zero-order valence-electron chi connectivity index (χ0n) is 21.4. The van der Waals surface area contributed by atoms with Gasteiger partial charge in [-0.2, -0.15) is 9.61 Å². The van der Waals surface area contributed by atoms with E-state index in [1.807, 2.05) is 12.3 Å². The SMILES string of the molecule is CNc1cc(Nc2cccn([C@H]3[C@@H]4COC[C@@H]43)c2=O)nc2c(C(=O)N[C@H]3CCC[C@](C)(OC)C3)cnn12. The van der Waals surface area contributed by atoms with Crippen molar-refractivity contribution in [2.75, 3.05) is 38.0 Å². The molecule has 3 fully saturated rings. The topological polar surface area (TPSA) is 124 Å². The van der Waals surface area contributed by atoms with Crippen molar-refractivity contribution in [2.45, 2.75) is 50.3 Å². The molecule has 1 amide bonds. The summed E-state index contributed by atoms with van der Waals surface area (Å²) in [5, 5.41) is 13.8. The molecular formula is C26H33N7O4. The Morgan fingerprint density at radius 3 is 2.86 bits per heavy atom. The second-order valence-electron chi connectivity index (χ2n) is 10.6. The van der Waals surface area contributed by atoms with Crippen LogP contribution in [-0.2, 0) is 9.47 Å². The summed E-state index contributed by atoms with van der Waals surface area (Å²) in [5.74, 6) is 1.69. The third-order valence-corrected chi connectivity index (χ3v) is 8.20. The highest BCUT2D eigenvalue weighted by Crippen LogP contribution is 2.53. The van der Waals surface area contributed by atoms with Crippen LogP contribution in [0.25, 0.3) is 5.65 Å². The molecule has 11 heteroatoms. The highest BCUT2D eigenvalue weighted by Gasteiger charge is 2.55. The van der Waals surface area contributed by atoms with Crippen LogP contribution in [0.1, 0.15) is 49.0 Å². The fourth-order valence-electron chi connectivity index (χ4n) is 5.98. The standard InChI is InChI=1S/C26H33N7O4/c1-26(36-3)8-4-6-15(11-26)29-24(34)16-12-28-33-21(27-2)10-20(31-23(16)33)30-19-7-5-9-32(25(19)35)22-17-13-37-14-18(17)22/h5,7,9-10,12,15,17-18,22,27H,4,6,8,11,13-14H2,1-3H3,(H,29,34)(H,30,31)/t15-,17-,18+,22+,26-/m0/s1. The summed E-state index contributed by atoms with van der Waals surface area (Å²) in [6, 6.07) is 5.59. The molecule has 6 rings (SSSR count). The Kier molecular flexibility index (Phi) is 5.91. The van der Waals surface area contributed by atoms with Crippen LogP contribution in [0.3, 0.4) is 0 Å². The smallest absolute Gasteiger partial charge is 0.274 e. The van der Waals surface area contributed by atoms with E-state index in [-0.39, 0.29) is 29.2 Å². The molecule has 11 nitrogen and oxygen atoms in total. The Morgan fingerprint density at radius 2 is 2.11 bits per heavy atom. The molecule has 0 aromatic carbocycles. The molecule has 3 aliphatic rings. The number of nitrogens with one attached hydrogen (secondary N) is 3. The van der Waals surface area contributed by atoms with Crippen molar-refractivity contribution >= 4 is 28.9 Å². The molecule has 0 radical (unpaired) electrons. The minimum absolute atomic E-state index is 0.0151. The van der Waals surface area contributed by atoms with Gasteiger partial charge >= 0.3 is 0 Å². The number of pyridine rings is 1. The molecule has 0 spiro atoms. The Balaban J connectivity index is 1.27. The number of carbonyl (C=O) groups excluding carboxylic acids is 1. The second-order valence-corrected chi connectivity index (χ2v) is 10.6. The maximum Gasteiger partial charge on any atom is 0.274 e. The zero-order valence-corrected chi connectivity index (χ0v) is 21.4. The molecular weight excluding hydrogens is 474 g/mol. The summed E-state index contributed by atoms with van der Waals surface area (Å²) < 4.78 is 14.6. The maximum atomic E-state index is 13.3. The first-order valence-electron chi connectivity index (χ1n) is 12.9. The molecule has 0 unspecified atom stereocenters. The van der Waals surface area contributed by atoms with Gasteiger partial charge in [0.05, 0.1) is 25.0 Å². The predicted octanol–water partition coefficient (Wildman–Crippen LogP) is 2.57. The Labute approximate surface area is 214 Å². The normalized spacial score (nSPS) is 28.6. The molecule has 3 N–H and O–H groups in total. The van der Waals surface area contributed by atoms with Gasteiger partial charge in [0, 0.05) is 50.3 Å². The van der Waals surface area contributed by atoms with E-state index in [1.54, 1.807) is 35.4 Å². The first kappa shape index (κ1) is 23.9. The van der Waals surface area contributed by atoms with Gasteiger partial charge in [-0.15, -0.1) is 0 Å². The number of carbonyl (C=O) groups is 1. The maximum absolute atomic E-state index is 13.3. The molecule has 3 aromatic heterocycles. The first-order valence-corrected chi connectivity index (χ1v) is 12.9. The van der Waals surface area contributed by atoms with Crippen molar-refractivity contribution in [3.63, 3.8) is 0 Å². The van der Waals surface area contributed by atoms with Crippen molar-refractivity contribution in [3.05, 3.63) is 46.5 Å². The number of rotatable bonds is 7. The third-order valence-electron chi connectivity index (χ3n) is 8.20. The molecule has 3 aromatic rings. The van der Waals surface area contributed by atoms with Crippen LogP contribution in [0.4, 0.5) is 17.3 Å². The summed E-state index contributed by atoms with van der Waals surface area (Å²) in [7, 11) is 3.50. The molecule has 4 heterocycles. The van der Waals surface area contributed by atoms with Crippen LogP contribution in [0.15, 0.2) is 35.4 Å². The van der Waals surface area contributed by atoms with Gasteiger partial charge in [0.1, 0.15) is 22.9 Å². The molecule has 2 aliphatic carbocycles. The lowest BCUT2D eigenvalue weighted by Gasteiger charge is -2.37. The van der Waals surface area contributed by atoms with Gasteiger partial charge in [-0.25, -0.2) is 4.98 Å². The number of nitrogens with zero attached hydrogens (tertiary/aromatic N) is 4. The number of hydrogen-bond donors (Lipinski definition) is 3. The summed E-state index contributed by atoms with van der Waals surface area (Å²) in [4.78, 5) is 31.2. The minimum atomic E-state index is -0.235. The monoisotopic (exact) mass is 507 g/mol. The molecule has 0 bridgehead atoms. The summed E-state index contributed by atoms with van der Waals surface area (Å²) in [5.41, 5.74) is 0.877. The number of methoxy groups -OCH3 is 1. The van der Waals surface area contributed by atoms with Crippen molar-refractivity contribution in [1.82, 2.24) is 24.5 Å². The van der Waals surface area contributed by atoms with Gasteiger partial charge in [0.15, 0.2) is 5.65 Å². The second kappa shape index (κ2) is 9.14. The molecule has 2 saturated carbocycles. The predicted molar refractivity (Wildman–Crippen MR) is 138 cm³/mol. The highest BCUT2D eigenvalue weighted by molar-refractivity contribution is 6.00. The summed E-state index contributed by atoms with van der Waals surface area (Å²) in [6.07, 6.45) is 7.00. The fraction of sp³-hybridized carbons (Fsp3) is 0.538. The molecule has 1 aliphatic heterocycles. The van der Waals surface area contributed by atoms with E-state index in [0.717, 1.165) is 25.7 Å². The van der Waals surface area contributed by atoms with Crippen molar-refractivity contribution in [1.29, 1.82) is 0 Å². The number of anilines is 3. The lowest BCUT2D eigenvalue weighted by Crippen LogP contribution is -2.45. The van der Waals surface area contributed by atoms with E-state index in [4.69, 9.17) is 9.47 Å². The highest BCUT2D eigenvalue weighted by atomic mass is 16.5. The Morgan fingerprint density at radius 1 is 1.30 bits per heavy atom. The Hall–Kier alpha value is -3.44. The van der Waals surface area contributed by atoms with Crippen LogP contribution in [0.2, 0.25) is 0 Å². The number of aromatic nitrogens is 4. The third kappa shape index (κ3) is 4.25. The first-order chi connectivity index (χ1) is 17.9. The number of fused-ring (bicyclic) bond motifs is 2. The summed E-state index contributed by atoms with van der Waals surface area (Å²) in [6.45, 7) is 3.50. The van der Waals surface area contributed by atoms with Crippen LogP contribution >= 0.6 is 0 Å². The van der Waals surface area contributed by atoms with Gasteiger partial charge in [-0.3, -0.25) is 9.59 Å². The summed E-state index contributed by atoms with van der Waals surface area (Å²) >= 11 is 0. The van der Waals surface area contributed by atoms with E-state index < -0.39 is 0 Å². The number of hydrogen-bond acceptors (Lipinski definition) is 8. The van der Waals surface area contributed by atoms with Gasteiger partial charge < -0.3 is 30.0 Å². The zero-order chi connectivity index (χ0) is 25.7. The van der Waals surface area contributed by atoms with Crippen molar-refractivity contribution in [2.24, 2.45) is 11.8 Å². The van der Waals surface area contributed by atoms with Gasteiger partial charge in [0.2, 0.25) is 0 Å². The number of ether oxygens (including phenoxy) is 2. The van der Waals surface area contributed by atoms with Crippen molar-refractivity contribution < 1.29 is 14.3 Å². The quantitative estimate of drug-likeness (QED) is 0.446. The largest absolute Gasteiger partial charge is 0.381 e. The average molecular weight is 508 g/mol. The average Bonchev–Trinajstić information content (AvgIpc) is 3.21. The van der Waals surface area contributed by atoms with E-state index in [9.17, 15) is 9.59 Å². The Bertz CT molecular complexity index is 1390.